The van der Waals surface area contributed by atoms with Crippen molar-refractivity contribution in [2.45, 2.75) is 31.0 Å². The fourth-order valence-electron chi connectivity index (χ4n) is 2.83. The molecule has 128 valence electrons. The van der Waals surface area contributed by atoms with Gasteiger partial charge in [-0.05, 0) is 31.5 Å². The fourth-order valence-corrected chi connectivity index (χ4v) is 2.83. The zero-order valence-corrected chi connectivity index (χ0v) is 13.3. The number of β-amino-alcohol motifs (C(OH)–C–C–N with tert-alkyl or cyclic N) is 1. The van der Waals surface area contributed by atoms with Crippen LogP contribution >= 0.6 is 12.4 Å². The van der Waals surface area contributed by atoms with Crippen molar-refractivity contribution in [2.75, 3.05) is 25.0 Å². The highest BCUT2D eigenvalue weighted by Gasteiger charge is 2.39. The van der Waals surface area contributed by atoms with Gasteiger partial charge in [-0.1, -0.05) is 0 Å². The summed E-state index contributed by atoms with van der Waals surface area (Å²) in [7, 11) is 0. The molecule has 1 saturated heterocycles. The van der Waals surface area contributed by atoms with Crippen molar-refractivity contribution in [1.82, 2.24) is 5.32 Å². The van der Waals surface area contributed by atoms with Crippen LogP contribution in [-0.4, -0.2) is 47.5 Å². The molecule has 1 aromatic rings. The average Bonchev–Trinajstić information content (AvgIpc) is 2.50. The zero-order valence-electron chi connectivity index (χ0n) is 12.5. The third-order valence-corrected chi connectivity index (χ3v) is 4.26. The van der Waals surface area contributed by atoms with Crippen molar-refractivity contribution in [2.24, 2.45) is 0 Å². The maximum Gasteiger partial charge on any atom is 0.224 e. The Kier molecular flexibility index (Phi) is 5.46. The average molecular weight is 347 g/mol. The van der Waals surface area contributed by atoms with Gasteiger partial charge in [-0.2, -0.15) is 0 Å². The summed E-state index contributed by atoms with van der Waals surface area (Å²) in [4.78, 5) is 11.4. The number of aliphatic hydroxyl groups excluding tert-OH is 1. The number of halogens is 2. The maximum atomic E-state index is 13.8. The highest BCUT2D eigenvalue weighted by Crippen LogP contribution is 2.34. The largest absolute Gasteiger partial charge is 0.490 e. The maximum absolute atomic E-state index is 13.8. The summed E-state index contributed by atoms with van der Waals surface area (Å²) in [6.07, 6.45) is 0.103. The monoisotopic (exact) mass is 346 g/mol. The van der Waals surface area contributed by atoms with Crippen LogP contribution in [-0.2, 0) is 11.2 Å². The number of fused-ring (bicyclic) bond motifs is 1. The number of carbonyl (C=O) groups is 1. The van der Waals surface area contributed by atoms with Gasteiger partial charge >= 0.3 is 0 Å². The molecule has 0 spiro atoms. The van der Waals surface area contributed by atoms with Crippen molar-refractivity contribution >= 4 is 24.0 Å². The molecule has 0 radical (unpaired) electrons. The minimum absolute atomic E-state index is 0. The normalized spacial score (nSPS) is 26.7. The van der Waals surface area contributed by atoms with Crippen LogP contribution in [0, 0.1) is 5.82 Å². The van der Waals surface area contributed by atoms with Gasteiger partial charge in [0.2, 0.25) is 5.91 Å². The summed E-state index contributed by atoms with van der Waals surface area (Å²) in [5.74, 6) is -0.303. The molecule has 6 nitrogen and oxygen atoms in total. The second-order valence-electron chi connectivity index (χ2n) is 5.81. The van der Waals surface area contributed by atoms with E-state index in [1.165, 1.54) is 12.1 Å². The molecule has 0 bridgehead atoms. The van der Waals surface area contributed by atoms with Gasteiger partial charge < -0.3 is 25.6 Å². The molecule has 3 rings (SSSR count). The van der Waals surface area contributed by atoms with Crippen molar-refractivity contribution in [1.29, 1.82) is 0 Å². The van der Waals surface area contributed by atoms with Crippen LogP contribution in [0.5, 0.6) is 5.75 Å². The molecule has 2 aliphatic rings. The van der Waals surface area contributed by atoms with Crippen molar-refractivity contribution < 1.29 is 24.1 Å². The summed E-state index contributed by atoms with van der Waals surface area (Å²) in [6, 6.07) is 2.71. The van der Waals surface area contributed by atoms with E-state index in [-0.39, 0.29) is 37.0 Å². The van der Waals surface area contributed by atoms with Gasteiger partial charge in [-0.25, -0.2) is 4.39 Å². The minimum Gasteiger partial charge on any atom is -0.490 e. The van der Waals surface area contributed by atoms with Crippen molar-refractivity contribution in [3.8, 4) is 5.75 Å². The number of carbonyl (C=O) groups excluding carboxylic acids is 1. The van der Waals surface area contributed by atoms with E-state index in [0.29, 0.717) is 37.2 Å². The molecule has 1 aromatic carbocycles. The molecule has 2 heterocycles. The van der Waals surface area contributed by atoms with Gasteiger partial charge in [-0.15, -0.1) is 12.4 Å². The smallest absolute Gasteiger partial charge is 0.224 e. The van der Waals surface area contributed by atoms with E-state index in [1.807, 2.05) is 0 Å². The van der Waals surface area contributed by atoms with Crippen LogP contribution in [0.25, 0.3) is 0 Å². The van der Waals surface area contributed by atoms with Crippen molar-refractivity contribution in [3.63, 3.8) is 0 Å². The number of anilines is 1. The SMILES string of the molecule is Cl.O=C1CCc2c(OCC3(O)CCNCC3O)ccc(F)c2N1. The first kappa shape index (κ1) is 17.9. The van der Waals surface area contributed by atoms with Crippen LogP contribution in [0.3, 0.4) is 0 Å². The number of hydrogen-bond acceptors (Lipinski definition) is 5. The lowest BCUT2D eigenvalue weighted by Crippen LogP contribution is -2.57. The number of hydrogen-bond donors (Lipinski definition) is 4. The lowest BCUT2D eigenvalue weighted by Gasteiger charge is -2.37. The van der Waals surface area contributed by atoms with E-state index in [1.54, 1.807) is 0 Å². The van der Waals surface area contributed by atoms with E-state index >= 15 is 0 Å². The molecule has 1 amide bonds. The Morgan fingerprint density at radius 3 is 2.91 bits per heavy atom. The Hall–Kier alpha value is -1.41. The Labute approximate surface area is 139 Å². The van der Waals surface area contributed by atoms with Gasteiger partial charge in [0, 0.05) is 18.5 Å². The third kappa shape index (κ3) is 3.58. The zero-order chi connectivity index (χ0) is 15.7. The molecule has 2 unspecified atom stereocenters. The topological polar surface area (TPSA) is 90.8 Å². The molecule has 1 fully saturated rings. The Bertz CT molecular complexity index is 601. The number of amides is 1. The van der Waals surface area contributed by atoms with Crippen molar-refractivity contribution in [3.05, 3.63) is 23.5 Å². The highest BCUT2D eigenvalue weighted by molar-refractivity contribution is 5.94. The molecule has 4 N–H and O–H groups in total. The quantitative estimate of drug-likeness (QED) is 0.643. The molecule has 8 heteroatoms. The number of benzene rings is 1. The van der Waals surface area contributed by atoms with Crippen LogP contribution in [0.4, 0.5) is 10.1 Å². The Morgan fingerprint density at radius 2 is 2.17 bits per heavy atom. The Balaban J connectivity index is 0.00000192. The first-order valence-corrected chi connectivity index (χ1v) is 7.35. The minimum atomic E-state index is -1.33. The summed E-state index contributed by atoms with van der Waals surface area (Å²) < 4.78 is 19.4. The number of piperidine rings is 1. The van der Waals surface area contributed by atoms with Gasteiger partial charge in [0.05, 0.1) is 11.8 Å². The molecule has 23 heavy (non-hydrogen) atoms. The molecule has 0 saturated carbocycles. The van der Waals surface area contributed by atoms with Crippen LogP contribution < -0.4 is 15.4 Å². The fraction of sp³-hybridized carbons (Fsp3) is 0.533. The first-order chi connectivity index (χ1) is 10.5. The number of ether oxygens (including phenoxy) is 1. The van der Waals surface area contributed by atoms with E-state index in [2.05, 4.69) is 10.6 Å². The van der Waals surface area contributed by atoms with E-state index in [4.69, 9.17) is 4.74 Å². The molecular weight excluding hydrogens is 327 g/mol. The van der Waals surface area contributed by atoms with E-state index < -0.39 is 17.5 Å². The molecule has 2 atom stereocenters. The number of aliphatic hydroxyl groups is 2. The predicted molar refractivity (Wildman–Crippen MR) is 84.5 cm³/mol. The van der Waals surface area contributed by atoms with Gasteiger partial charge in [-0.3, -0.25) is 4.79 Å². The van der Waals surface area contributed by atoms with Gasteiger partial charge in [0.25, 0.3) is 0 Å². The van der Waals surface area contributed by atoms with Crippen LogP contribution in [0.1, 0.15) is 18.4 Å². The van der Waals surface area contributed by atoms with Crippen LogP contribution in [0.2, 0.25) is 0 Å². The number of nitrogens with one attached hydrogen (secondary N) is 2. The summed E-state index contributed by atoms with van der Waals surface area (Å²) in [5, 5.41) is 25.9. The molecular formula is C15H20ClFN2O4. The van der Waals surface area contributed by atoms with Gasteiger partial charge in [0.15, 0.2) is 0 Å². The Morgan fingerprint density at radius 1 is 1.39 bits per heavy atom. The molecule has 0 aliphatic carbocycles. The van der Waals surface area contributed by atoms with E-state index in [9.17, 15) is 19.4 Å². The highest BCUT2D eigenvalue weighted by atomic mass is 35.5. The lowest BCUT2D eigenvalue weighted by atomic mass is 9.90. The van der Waals surface area contributed by atoms with Crippen LogP contribution in [0.15, 0.2) is 12.1 Å². The second kappa shape index (κ2) is 7.00. The lowest BCUT2D eigenvalue weighted by molar-refractivity contribution is -0.116. The molecule has 0 aromatic heterocycles. The third-order valence-electron chi connectivity index (χ3n) is 4.26. The summed E-state index contributed by atoms with van der Waals surface area (Å²) >= 11 is 0. The first-order valence-electron chi connectivity index (χ1n) is 7.35. The molecule has 2 aliphatic heterocycles. The number of rotatable bonds is 3. The van der Waals surface area contributed by atoms with Gasteiger partial charge in [0.1, 0.15) is 23.8 Å². The summed E-state index contributed by atoms with van der Waals surface area (Å²) in [5.41, 5.74) is -0.594. The standard InChI is InChI=1S/C15H19FN2O4.ClH/c16-10-2-3-11(9-1-4-13(20)18-14(9)10)22-8-15(21)5-6-17-7-12(15)19;/h2-3,12,17,19,21H,1,4-8H2,(H,18,20);1H. The van der Waals surface area contributed by atoms with E-state index in [0.717, 1.165) is 0 Å². The summed E-state index contributed by atoms with van der Waals surface area (Å²) in [6.45, 7) is 0.813. The second-order valence-corrected chi connectivity index (χ2v) is 5.81. The predicted octanol–water partition coefficient (Wildman–Crippen LogP) is 0.596.